The summed E-state index contributed by atoms with van der Waals surface area (Å²) >= 11 is 0. The minimum atomic E-state index is -3.62. The molecule has 1 aliphatic heterocycles. The van der Waals surface area contributed by atoms with Gasteiger partial charge in [-0.2, -0.15) is 5.10 Å². The van der Waals surface area contributed by atoms with Crippen molar-refractivity contribution in [2.45, 2.75) is 23.8 Å². The Labute approximate surface area is 127 Å². The second kappa shape index (κ2) is 5.93. The molecule has 1 amide bonds. The summed E-state index contributed by atoms with van der Waals surface area (Å²) in [5, 5.41) is 6.11. The van der Waals surface area contributed by atoms with Crippen molar-refractivity contribution in [3.8, 4) is 0 Å². The van der Waals surface area contributed by atoms with Crippen LogP contribution in [0.2, 0.25) is 0 Å². The molecule has 0 spiro atoms. The average Bonchev–Trinajstić information content (AvgIpc) is 3.19. The third-order valence-corrected chi connectivity index (χ3v) is 5.03. The molecule has 1 saturated heterocycles. The van der Waals surface area contributed by atoms with Crippen molar-refractivity contribution in [3.05, 3.63) is 36.5 Å². The van der Waals surface area contributed by atoms with Gasteiger partial charge in [-0.1, -0.05) is 0 Å². The summed E-state index contributed by atoms with van der Waals surface area (Å²) in [6.45, 7) is 0.903. The topological polar surface area (TPSA) is 108 Å². The zero-order valence-corrected chi connectivity index (χ0v) is 12.5. The molecule has 8 nitrogen and oxygen atoms in total. The van der Waals surface area contributed by atoms with Gasteiger partial charge in [0.05, 0.1) is 12.5 Å². The summed E-state index contributed by atoms with van der Waals surface area (Å²) in [6.07, 6.45) is 5.41. The van der Waals surface area contributed by atoms with Gasteiger partial charge in [0, 0.05) is 25.3 Å². The van der Waals surface area contributed by atoms with Crippen LogP contribution in [0, 0.1) is 0 Å². The number of aromatic nitrogens is 2. The van der Waals surface area contributed by atoms with Gasteiger partial charge >= 0.3 is 0 Å². The first kappa shape index (κ1) is 14.8. The number of hydrogen-bond acceptors (Lipinski definition) is 5. The second-order valence-electron chi connectivity index (χ2n) is 5.12. The number of aromatic amines is 1. The van der Waals surface area contributed by atoms with E-state index in [2.05, 4.69) is 14.9 Å². The molecule has 2 aromatic heterocycles. The highest BCUT2D eigenvalue weighted by Gasteiger charge is 2.29. The highest BCUT2D eigenvalue weighted by molar-refractivity contribution is 7.89. The van der Waals surface area contributed by atoms with Gasteiger partial charge in [-0.15, -0.1) is 0 Å². The van der Waals surface area contributed by atoms with Crippen LogP contribution in [0.15, 0.2) is 40.1 Å². The summed E-state index contributed by atoms with van der Waals surface area (Å²) in [6, 6.07) is 2.92. The standard InChI is InChI=1S/C13H16N4O4S/c18-13(12-4-2-6-21-12)17-5-1-3-10(9-17)16-22(19,20)11-7-14-15-8-11/h2,4,6-8,10,16H,1,3,5,9H2,(H,14,15). The monoisotopic (exact) mass is 324 g/mol. The number of likely N-dealkylation sites (tertiary alicyclic amines) is 1. The van der Waals surface area contributed by atoms with Crippen LogP contribution in [0.1, 0.15) is 23.4 Å². The molecule has 0 bridgehead atoms. The Morgan fingerprint density at radius 3 is 3.05 bits per heavy atom. The molecular weight excluding hydrogens is 308 g/mol. The first-order chi connectivity index (χ1) is 10.6. The van der Waals surface area contributed by atoms with Crippen LogP contribution >= 0.6 is 0 Å². The van der Waals surface area contributed by atoms with Crippen molar-refractivity contribution < 1.29 is 17.6 Å². The molecular formula is C13H16N4O4S. The molecule has 1 fully saturated rings. The van der Waals surface area contributed by atoms with Gasteiger partial charge in [0.25, 0.3) is 5.91 Å². The van der Waals surface area contributed by atoms with Crippen LogP contribution in [0.4, 0.5) is 0 Å². The van der Waals surface area contributed by atoms with Crippen molar-refractivity contribution in [1.29, 1.82) is 0 Å². The van der Waals surface area contributed by atoms with Crippen LogP contribution in [-0.4, -0.2) is 48.6 Å². The van der Waals surface area contributed by atoms with Crippen molar-refractivity contribution in [3.63, 3.8) is 0 Å². The SMILES string of the molecule is O=C(c1ccco1)N1CCCC(NS(=O)(=O)c2cn[nH]c2)C1. The summed E-state index contributed by atoms with van der Waals surface area (Å²) < 4.78 is 32.1. The first-order valence-electron chi connectivity index (χ1n) is 6.90. The van der Waals surface area contributed by atoms with E-state index in [0.717, 1.165) is 6.42 Å². The predicted molar refractivity (Wildman–Crippen MR) is 76.5 cm³/mol. The second-order valence-corrected chi connectivity index (χ2v) is 6.84. The maximum absolute atomic E-state index is 12.2. The molecule has 0 radical (unpaired) electrons. The lowest BCUT2D eigenvalue weighted by Crippen LogP contribution is -2.49. The van der Waals surface area contributed by atoms with Gasteiger partial charge in [0.2, 0.25) is 10.0 Å². The number of piperidine rings is 1. The van der Waals surface area contributed by atoms with Crippen molar-refractivity contribution in [2.24, 2.45) is 0 Å². The molecule has 1 atom stereocenters. The number of H-pyrrole nitrogens is 1. The van der Waals surface area contributed by atoms with E-state index in [0.29, 0.717) is 19.5 Å². The van der Waals surface area contributed by atoms with Crippen LogP contribution < -0.4 is 4.72 Å². The minimum Gasteiger partial charge on any atom is -0.459 e. The molecule has 9 heteroatoms. The normalized spacial score (nSPS) is 19.3. The molecule has 2 aromatic rings. The number of furan rings is 1. The van der Waals surface area contributed by atoms with Crippen LogP contribution in [0.3, 0.4) is 0 Å². The van der Waals surface area contributed by atoms with Crippen LogP contribution in [-0.2, 0) is 10.0 Å². The highest BCUT2D eigenvalue weighted by atomic mass is 32.2. The lowest BCUT2D eigenvalue weighted by Gasteiger charge is -2.32. The Morgan fingerprint density at radius 1 is 1.50 bits per heavy atom. The fourth-order valence-corrected chi connectivity index (χ4v) is 3.65. The maximum atomic E-state index is 12.2. The lowest BCUT2D eigenvalue weighted by atomic mass is 10.1. The van der Waals surface area contributed by atoms with Gasteiger partial charge < -0.3 is 9.32 Å². The van der Waals surface area contributed by atoms with E-state index in [-0.39, 0.29) is 22.6 Å². The van der Waals surface area contributed by atoms with E-state index in [9.17, 15) is 13.2 Å². The Balaban J connectivity index is 1.67. The van der Waals surface area contributed by atoms with E-state index < -0.39 is 10.0 Å². The molecule has 0 aliphatic carbocycles. The largest absolute Gasteiger partial charge is 0.459 e. The number of amides is 1. The molecule has 22 heavy (non-hydrogen) atoms. The van der Waals surface area contributed by atoms with Crippen molar-refractivity contribution >= 4 is 15.9 Å². The molecule has 118 valence electrons. The van der Waals surface area contributed by atoms with E-state index >= 15 is 0 Å². The third kappa shape index (κ3) is 3.04. The number of rotatable bonds is 4. The molecule has 1 unspecified atom stereocenters. The van der Waals surface area contributed by atoms with Gasteiger partial charge in [-0.3, -0.25) is 9.89 Å². The molecule has 0 saturated carbocycles. The number of sulfonamides is 1. The maximum Gasteiger partial charge on any atom is 0.289 e. The van der Waals surface area contributed by atoms with E-state index in [1.54, 1.807) is 17.0 Å². The number of nitrogens with zero attached hydrogens (tertiary/aromatic N) is 2. The molecule has 1 aliphatic rings. The molecule has 3 rings (SSSR count). The predicted octanol–water partition coefficient (Wildman–Crippen LogP) is 0.586. The number of hydrogen-bond donors (Lipinski definition) is 2. The summed E-state index contributed by atoms with van der Waals surface area (Å²) in [4.78, 5) is 13.9. The van der Waals surface area contributed by atoms with E-state index in [4.69, 9.17) is 4.42 Å². The zero-order valence-electron chi connectivity index (χ0n) is 11.7. The Hall–Kier alpha value is -2.13. The van der Waals surface area contributed by atoms with Crippen LogP contribution in [0.25, 0.3) is 0 Å². The van der Waals surface area contributed by atoms with Gasteiger partial charge in [0.15, 0.2) is 5.76 Å². The Bertz CT molecular complexity index is 724. The summed E-state index contributed by atoms with van der Waals surface area (Å²) in [7, 11) is -3.62. The molecule has 2 N–H and O–H groups in total. The average molecular weight is 324 g/mol. The minimum absolute atomic E-state index is 0.0852. The number of carbonyl (C=O) groups excluding carboxylic acids is 1. The van der Waals surface area contributed by atoms with Gasteiger partial charge in [-0.05, 0) is 25.0 Å². The third-order valence-electron chi connectivity index (χ3n) is 3.55. The quantitative estimate of drug-likeness (QED) is 0.855. The number of carbonyl (C=O) groups is 1. The van der Waals surface area contributed by atoms with Gasteiger partial charge in [-0.25, -0.2) is 13.1 Å². The summed E-state index contributed by atoms with van der Waals surface area (Å²) in [5.41, 5.74) is 0. The fourth-order valence-electron chi connectivity index (χ4n) is 2.49. The Kier molecular flexibility index (Phi) is 3.99. The van der Waals surface area contributed by atoms with Crippen molar-refractivity contribution in [2.75, 3.05) is 13.1 Å². The summed E-state index contributed by atoms with van der Waals surface area (Å²) in [5.74, 6) is 0.0375. The van der Waals surface area contributed by atoms with Crippen LogP contribution in [0.5, 0.6) is 0 Å². The fraction of sp³-hybridized carbons (Fsp3) is 0.385. The van der Waals surface area contributed by atoms with Crippen molar-refractivity contribution in [1.82, 2.24) is 19.8 Å². The van der Waals surface area contributed by atoms with Gasteiger partial charge in [0.1, 0.15) is 4.90 Å². The van der Waals surface area contributed by atoms with E-state index in [1.165, 1.54) is 18.7 Å². The van der Waals surface area contributed by atoms with E-state index in [1.807, 2.05) is 0 Å². The highest BCUT2D eigenvalue weighted by Crippen LogP contribution is 2.16. The first-order valence-corrected chi connectivity index (χ1v) is 8.38. The molecule has 3 heterocycles. The molecule has 0 aromatic carbocycles. The smallest absolute Gasteiger partial charge is 0.289 e. The lowest BCUT2D eigenvalue weighted by molar-refractivity contribution is 0.0671. The Morgan fingerprint density at radius 2 is 2.36 bits per heavy atom. The zero-order chi connectivity index (χ0) is 15.6. The number of nitrogens with one attached hydrogen (secondary N) is 2.